The van der Waals surface area contributed by atoms with Gasteiger partial charge in [-0.1, -0.05) is 50.6 Å². The van der Waals surface area contributed by atoms with Crippen LogP contribution in [0.1, 0.15) is 39.2 Å². The molecule has 168 valence electrons. The van der Waals surface area contributed by atoms with Gasteiger partial charge in [0.1, 0.15) is 11.4 Å². The Labute approximate surface area is 194 Å². The average molecular weight is 453 g/mol. The van der Waals surface area contributed by atoms with Gasteiger partial charge in [0.15, 0.2) is 0 Å². The summed E-state index contributed by atoms with van der Waals surface area (Å²) in [5.74, 6) is 1.03. The van der Waals surface area contributed by atoms with E-state index in [1.54, 1.807) is 24.3 Å². The van der Waals surface area contributed by atoms with Gasteiger partial charge >= 0.3 is 0 Å². The van der Waals surface area contributed by atoms with Crippen LogP contribution in [-0.2, 0) is 9.59 Å². The van der Waals surface area contributed by atoms with Crippen molar-refractivity contribution >= 4 is 34.7 Å². The quantitative estimate of drug-likeness (QED) is 0.551. The molecule has 0 aromatic heterocycles. The number of hydrogen-bond donors (Lipinski definition) is 0. The molecule has 1 fully saturated rings. The molecule has 0 N–H and O–H groups in total. The first kappa shape index (κ1) is 22.4. The highest BCUT2D eigenvalue weighted by atomic mass is 35.5. The van der Waals surface area contributed by atoms with E-state index in [0.29, 0.717) is 40.4 Å². The highest BCUT2D eigenvalue weighted by molar-refractivity contribution is 6.45. The van der Waals surface area contributed by atoms with Crippen LogP contribution >= 0.6 is 11.6 Å². The molecule has 2 amide bonds. The zero-order valence-electron chi connectivity index (χ0n) is 18.8. The monoisotopic (exact) mass is 452 g/mol. The van der Waals surface area contributed by atoms with Crippen LogP contribution in [0.25, 0.3) is 5.57 Å². The minimum atomic E-state index is -0.318. The first-order chi connectivity index (χ1) is 15.3. The molecule has 2 heterocycles. The summed E-state index contributed by atoms with van der Waals surface area (Å²) >= 11 is 6.16. The molecule has 0 saturated carbocycles. The van der Waals surface area contributed by atoms with Crippen molar-refractivity contribution in [2.45, 2.75) is 33.6 Å². The molecule has 2 aliphatic rings. The lowest BCUT2D eigenvalue weighted by molar-refractivity contribution is -0.120. The molecule has 1 atom stereocenters. The van der Waals surface area contributed by atoms with Gasteiger partial charge in [-0.3, -0.25) is 9.59 Å². The predicted octanol–water partition coefficient (Wildman–Crippen LogP) is 5.39. The number of piperidine rings is 1. The van der Waals surface area contributed by atoms with Gasteiger partial charge in [-0.05, 0) is 60.6 Å². The molecule has 2 aromatic rings. The Morgan fingerprint density at radius 1 is 1.09 bits per heavy atom. The third-order valence-electron chi connectivity index (χ3n) is 5.83. The summed E-state index contributed by atoms with van der Waals surface area (Å²) in [7, 11) is 0. The van der Waals surface area contributed by atoms with E-state index in [2.05, 4.69) is 25.7 Å². The number of anilines is 1. The van der Waals surface area contributed by atoms with Crippen LogP contribution < -0.4 is 9.64 Å². The van der Waals surface area contributed by atoms with E-state index in [0.717, 1.165) is 37.2 Å². The molecule has 1 unspecified atom stereocenters. The van der Waals surface area contributed by atoms with Gasteiger partial charge < -0.3 is 9.64 Å². The number of amides is 2. The van der Waals surface area contributed by atoms with Crippen molar-refractivity contribution < 1.29 is 14.3 Å². The largest absolute Gasteiger partial charge is 0.493 e. The molecule has 2 aliphatic heterocycles. The van der Waals surface area contributed by atoms with E-state index in [9.17, 15) is 9.59 Å². The van der Waals surface area contributed by atoms with E-state index in [1.165, 1.54) is 4.90 Å². The normalized spacial score (nSPS) is 19.3. The predicted molar refractivity (Wildman–Crippen MR) is 128 cm³/mol. The molecule has 32 heavy (non-hydrogen) atoms. The number of imide groups is 1. The fourth-order valence-corrected chi connectivity index (χ4v) is 4.48. The van der Waals surface area contributed by atoms with E-state index in [4.69, 9.17) is 16.3 Å². The summed E-state index contributed by atoms with van der Waals surface area (Å²) in [6.45, 7) is 8.52. The number of nitrogens with zero attached hydrogens (tertiary/aromatic N) is 2. The molecule has 5 nitrogen and oxygen atoms in total. The van der Waals surface area contributed by atoms with Crippen LogP contribution in [0.3, 0.4) is 0 Å². The minimum Gasteiger partial charge on any atom is -0.493 e. The summed E-state index contributed by atoms with van der Waals surface area (Å²) in [6, 6.07) is 14.3. The summed E-state index contributed by atoms with van der Waals surface area (Å²) in [5, 5.41) is 0.483. The Morgan fingerprint density at radius 2 is 1.84 bits per heavy atom. The third kappa shape index (κ3) is 4.53. The van der Waals surface area contributed by atoms with Crippen LogP contribution in [-0.4, -0.2) is 36.4 Å². The van der Waals surface area contributed by atoms with Crippen LogP contribution in [0.5, 0.6) is 5.75 Å². The lowest BCUT2D eigenvalue weighted by Gasteiger charge is -2.33. The molecule has 4 rings (SSSR count). The van der Waals surface area contributed by atoms with Crippen molar-refractivity contribution in [2.24, 2.45) is 11.8 Å². The second-order valence-electron chi connectivity index (χ2n) is 9.07. The van der Waals surface area contributed by atoms with Crippen LogP contribution in [0.15, 0.2) is 54.2 Å². The molecule has 0 aliphatic carbocycles. The van der Waals surface area contributed by atoms with Crippen molar-refractivity contribution in [2.75, 3.05) is 24.6 Å². The average Bonchev–Trinajstić information content (AvgIpc) is 3.02. The number of ether oxygens (including phenoxy) is 1. The van der Waals surface area contributed by atoms with Gasteiger partial charge in [-0.15, -0.1) is 0 Å². The summed E-state index contributed by atoms with van der Waals surface area (Å²) in [6.07, 6.45) is 2.12. The fourth-order valence-electron chi connectivity index (χ4n) is 4.29. The van der Waals surface area contributed by atoms with E-state index < -0.39 is 0 Å². The summed E-state index contributed by atoms with van der Waals surface area (Å²) < 4.78 is 5.79. The molecule has 0 spiro atoms. The number of rotatable bonds is 6. The molecule has 0 bridgehead atoms. The van der Waals surface area contributed by atoms with Crippen LogP contribution in [0, 0.1) is 11.8 Å². The number of carbonyl (C=O) groups excluding carboxylic acids is 2. The highest BCUT2D eigenvalue weighted by Crippen LogP contribution is 2.37. The number of benzene rings is 2. The molecule has 6 heteroatoms. The zero-order chi connectivity index (χ0) is 22.8. The first-order valence-corrected chi connectivity index (χ1v) is 11.6. The van der Waals surface area contributed by atoms with Crippen LogP contribution in [0.2, 0.25) is 5.02 Å². The third-order valence-corrected chi connectivity index (χ3v) is 6.06. The maximum atomic E-state index is 13.6. The molecular formula is C26H29ClN2O3. The van der Waals surface area contributed by atoms with Gasteiger partial charge in [0.25, 0.3) is 11.8 Å². The van der Waals surface area contributed by atoms with E-state index in [-0.39, 0.29) is 11.8 Å². The lowest BCUT2D eigenvalue weighted by atomic mass is 9.97. The second-order valence-corrected chi connectivity index (χ2v) is 9.51. The van der Waals surface area contributed by atoms with Crippen molar-refractivity contribution in [3.05, 3.63) is 64.8 Å². The summed E-state index contributed by atoms with van der Waals surface area (Å²) in [4.78, 5) is 30.5. The first-order valence-electron chi connectivity index (χ1n) is 11.2. The number of carbonyl (C=O) groups is 2. The maximum absolute atomic E-state index is 13.6. The second kappa shape index (κ2) is 9.37. The number of hydrogen-bond acceptors (Lipinski definition) is 4. The van der Waals surface area contributed by atoms with Gasteiger partial charge in [-0.25, -0.2) is 4.90 Å². The van der Waals surface area contributed by atoms with Crippen molar-refractivity contribution in [3.63, 3.8) is 0 Å². The Kier molecular flexibility index (Phi) is 6.56. The van der Waals surface area contributed by atoms with Gasteiger partial charge in [0.05, 0.1) is 17.9 Å². The Balaban J connectivity index is 1.74. The van der Waals surface area contributed by atoms with Gasteiger partial charge in [-0.2, -0.15) is 0 Å². The van der Waals surface area contributed by atoms with E-state index >= 15 is 0 Å². The molecular weight excluding hydrogens is 424 g/mol. The smallest absolute Gasteiger partial charge is 0.282 e. The van der Waals surface area contributed by atoms with E-state index in [1.807, 2.05) is 24.3 Å². The topological polar surface area (TPSA) is 49.9 Å². The SMILES string of the molecule is CC(C)COc1ccc(C2=C(N3CCCC(C)C3)C(=O)N(c3cccc(Cl)c3)C2=O)cc1. The van der Waals surface area contributed by atoms with Gasteiger partial charge in [0.2, 0.25) is 0 Å². The summed E-state index contributed by atoms with van der Waals surface area (Å²) in [5.41, 5.74) is 2.14. The fraction of sp³-hybridized carbons (Fsp3) is 0.385. The lowest BCUT2D eigenvalue weighted by Crippen LogP contribution is -2.39. The van der Waals surface area contributed by atoms with Crippen molar-refractivity contribution in [3.8, 4) is 5.75 Å². The molecule has 1 saturated heterocycles. The minimum absolute atomic E-state index is 0.290. The maximum Gasteiger partial charge on any atom is 0.282 e. The standard InChI is InChI=1S/C26H29ClN2O3/c1-17(2)16-32-22-11-9-19(10-12-22)23-24(28-13-5-6-18(3)15-28)26(31)29(25(23)30)21-8-4-7-20(27)14-21/h4,7-12,14,17-18H,5-6,13,15-16H2,1-3H3. The van der Waals surface area contributed by atoms with Crippen molar-refractivity contribution in [1.29, 1.82) is 0 Å². The Morgan fingerprint density at radius 3 is 2.50 bits per heavy atom. The Hall–Kier alpha value is -2.79. The molecule has 2 aromatic carbocycles. The number of likely N-dealkylation sites (tertiary alicyclic amines) is 1. The van der Waals surface area contributed by atoms with Crippen LogP contribution in [0.4, 0.5) is 5.69 Å². The highest BCUT2D eigenvalue weighted by Gasteiger charge is 2.43. The molecule has 0 radical (unpaired) electrons. The Bertz CT molecular complexity index is 1050. The van der Waals surface area contributed by atoms with Gasteiger partial charge in [0, 0.05) is 18.1 Å². The number of halogens is 1. The zero-order valence-corrected chi connectivity index (χ0v) is 19.6. The van der Waals surface area contributed by atoms with Crippen molar-refractivity contribution in [1.82, 2.24) is 4.90 Å².